The minimum Gasteiger partial charge on any atom is -0.374 e. The molecule has 118 valence electrons. The quantitative estimate of drug-likeness (QED) is 0.443. The van der Waals surface area contributed by atoms with Gasteiger partial charge in [0, 0.05) is 26.3 Å². The number of likely N-dealkylation sites (N-methyl/N-ethyl adjacent to an activating group) is 1. The fourth-order valence-corrected chi connectivity index (χ4v) is 1.77. The summed E-state index contributed by atoms with van der Waals surface area (Å²) in [6.45, 7) is 5.78. The standard InChI is InChI=1S/C13H24N6O2/c1-4-6-19(8-13(20)15-3)12-7-10(18-14)16-11(17-12)9-21-5-2/h7H,4-6,8-9,14H2,1-3H3,(H,15,20)(H,16,17,18). The number of amides is 1. The van der Waals surface area contributed by atoms with Gasteiger partial charge in [0.05, 0.1) is 6.54 Å². The summed E-state index contributed by atoms with van der Waals surface area (Å²) in [6.07, 6.45) is 0.896. The zero-order valence-corrected chi connectivity index (χ0v) is 12.8. The van der Waals surface area contributed by atoms with E-state index in [2.05, 4.69) is 20.7 Å². The normalized spacial score (nSPS) is 10.3. The lowest BCUT2D eigenvalue weighted by molar-refractivity contribution is -0.119. The van der Waals surface area contributed by atoms with Gasteiger partial charge in [0.25, 0.3) is 0 Å². The molecule has 0 aliphatic carbocycles. The summed E-state index contributed by atoms with van der Waals surface area (Å²) in [4.78, 5) is 22.2. The number of aromatic nitrogens is 2. The molecule has 1 rings (SSSR count). The first-order valence-electron chi connectivity index (χ1n) is 7.02. The highest BCUT2D eigenvalue weighted by atomic mass is 16.5. The van der Waals surface area contributed by atoms with Gasteiger partial charge < -0.3 is 20.4 Å². The Bertz CT molecular complexity index is 454. The maximum absolute atomic E-state index is 11.6. The van der Waals surface area contributed by atoms with E-state index in [1.54, 1.807) is 13.1 Å². The zero-order valence-electron chi connectivity index (χ0n) is 12.8. The first-order valence-corrected chi connectivity index (χ1v) is 7.02. The number of hydrogen-bond donors (Lipinski definition) is 3. The molecule has 0 unspecified atom stereocenters. The number of nitrogens with zero attached hydrogens (tertiary/aromatic N) is 3. The maximum Gasteiger partial charge on any atom is 0.239 e. The fraction of sp³-hybridized carbons (Fsp3) is 0.615. The van der Waals surface area contributed by atoms with Crippen LogP contribution in [-0.4, -0.2) is 42.6 Å². The largest absolute Gasteiger partial charge is 0.374 e. The number of nitrogens with one attached hydrogen (secondary N) is 2. The highest BCUT2D eigenvalue weighted by Gasteiger charge is 2.14. The average Bonchev–Trinajstić information content (AvgIpc) is 2.51. The number of carbonyl (C=O) groups excluding carboxylic acids is 1. The van der Waals surface area contributed by atoms with E-state index in [-0.39, 0.29) is 12.5 Å². The SMILES string of the molecule is CCCN(CC(=O)NC)c1cc(NN)nc(COCC)n1. The second-order valence-corrected chi connectivity index (χ2v) is 4.40. The molecule has 0 radical (unpaired) electrons. The monoisotopic (exact) mass is 296 g/mol. The van der Waals surface area contributed by atoms with Crippen LogP contribution in [0.5, 0.6) is 0 Å². The number of hydrogen-bond acceptors (Lipinski definition) is 7. The first kappa shape index (κ1) is 17.1. The average molecular weight is 296 g/mol. The Morgan fingerprint density at radius 3 is 2.76 bits per heavy atom. The lowest BCUT2D eigenvalue weighted by atomic mass is 10.3. The maximum atomic E-state index is 11.6. The summed E-state index contributed by atoms with van der Waals surface area (Å²) < 4.78 is 5.32. The predicted molar refractivity (Wildman–Crippen MR) is 81.7 cm³/mol. The molecule has 8 heteroatoms. The summed E-state index contributed by atoms with van der Waals surface area (Å²) in [5.74, 6) is 7.04. The van der Waals surface area contributed by atoms with E-state index < -0.39 is 0 Å². The fourth-order valence-electron chi connectivity index (χ4n) is 1.77. The van der Waals surface area contributed by atoms with Gasteiger partial charge in [-0.15, -0.1) is 0 Å². The molecule has 0 aliphatic heterocycles. The van der Waals surface area contributed by atoms with Crippen molar-refractivity contribution < 1.29 is 9.53 Å². The van der Waals surface area contributed by atoms with Gasteiger partial charge in [-0.2, -0.15) is 0 Å². The van der Waals surface area contributed by atoms with Gasteiger partial charge in [0.1, 0.15) is 18.2 Å². The van der Waals surface area contributed by atoms with Gasteiger partial charge >= 0.3 is 0 Å². The molecule has 0 aromatic carbocycles. The Hall–Kier alpha value is -1.93. The van der Waals surface area contributed by atoms with Crippen LogP contribution in [0.3, 0.4) is 0 Å². The number of rotatable bonds is 9. The molecule has 0 atom stereocenters. The molecule has 1 heterocycles. The van der Waals surface area contributed by atoms with Crippen molar-refractivity contribution in [2.45, 2.75) is 26.9 Å². The third kappa shape index (κ3) is 5.52. The second kappa shape index (κ2) is 9.09. The van der Waals surface area contributed by atoms with Gasteiger partial charge in [-0.05, 0) is 13.3 Å². The zero-order chi connectivity index (χ0) is 15.7. The molecule has 1 aromatic rings. The van der Waals surface area contributed by atoms with Crippen LogP contribution in [-0.2, 0) is 16.1 Å². The molecule has 0 bridgehead atoms. The second-order valence-electron chi connectivity index (χ2n) is 4.40. The van der Waals surface area contributed by atoms with Crippen molar-refractivity contribution in [1.29, 1.82) is 0 Å². The van der Waals surface area contributed by atoms with E-state index in [0.717, 1.165) is 6.42 Å². The van der Waals surface area contributed by atoms with Crippen molar-refractivity contribution in [2.24, 2.45) is 5.84 Å². The van der Waals surface area contributed by atoms with Gasteiger partial charge in [-0.25, -0.2) is 15.8 Å². The van der Waals surface area contributed by atoms with Crippen molar-refractivity contribution in [1.82, 2.24) is 15.3 Å². The van der Waals surface area contributed by atoms with E-state index in [1.165, 1.54) is 0 Å². The van der Waals surface area contributed by atoms with Crippen molar-refractivity contribution in [3.63, 3.8) is 0 Å². The number of anilines is 2. The summed E-state index contributed by atoms with van der Waals surface area (Å²) in [5, 5.41) is 2.61. The molecule has 4 N–H and O–H groups in total. The lowest BCUT2D eigenvalue weighted by Crippen LogP contribution is -2.37. The smallest absolute Gasteiger partial charge is 0.239 e. The van der Waals surface area contributed by atoms with Crippen LogP contribution in [0, 0.1) is 0 Å². The van der Waals surface area contributed by atoms with E-state index in [0.29, 0.717) is 37.2 Å². The minimum atomic E-state index is -0.0734. The molecule has 0 spiro atoms. The lowest BCUT2D eigenvalue weighted by Gasteiger charge is -2.23. The molecule has 1 aromatic heterocycles. The third-order valence-electron chi connectivity index (χ3n) is 2.77. The Kier molecular flexibility index (Phi) is 7.41. The molecule has 0 saturated carbocycles. The number of nitrogen functional groups attached to an aromatic ring is 1. The van der Waals surface area contributed by atoms with Crippen molar-refractivity contribution in [2.75, 3.05) is 37.1 Å². The van der Waals surface area contributed by atoms with Gasteiger partial charge in [0.2, 0.25) is 5.91 Å². The van der Waals surface area contributed by atoms with Crippen LogP contribution in [0.25, 0.3) is 0 Å². The molecule has 0 aliphatic rings. The van der Waals surface area contributed by atoms with E-state index in [1.807, 2.05) is 18.7 Å². The topological polar surface area (TPSA) is 105 Å². The van der Waals surface area contributed by atoms with Crippen LogP contribution in [0.2, 0.25) is 0 Å². The summed E-state index contributed by atoms with van der Waals surface area (Å²) in [5.41, 5.74) is 2.51. The number of carbonyl (C=O) groups is 1. The van der Waals surface area contributed by atoms with Crippen LogP contribution < -0.4 is 21.5 Å². The number of hydrazine groups is 1. The van der Waals surface area contributed by atoms with Gasteiger partial charge in [-0.1, -0.05) is 6.92 Å². The molecular weight excluding hydrogens is 272 g/mol. The van der Waals surface area contributed by atoms with E-state index in [4.69, 9.17) is 10.6 Å². The van der Waals surface area contributed by atoms with Crippen molar-refractivity contribution >= 4 is 17.5 Å². The van der Waals surface area contributed by atoms with Crippen LogP contribution in [0.15, 0.2) is 6.07 Å². The highest BCUT2D eigenvalue weighted by Crippen LogP contribution is 2.16. The molecule has 0 saturated heterocycles. The molecule has 21 heavy (non-hydrogen) atoms. The Labute approximate surface area is 125 Å². The highest BCUT2D eigenvalue weighted by molar-refractivity contribution is 5.80. The number of ether oxygens (including phenoxy) is 1. The molecule has 1 amide bonds. The Morgan fingerprint density at radius 1 is 1.43 bits per heavy atom. The van der Waals surface area contributed by atoms with Crippen molar-refractivity contribution in [3.05, 3.63) is 11.9 Å². The van der Waals surface area contributed by atoms with Crippen LogP contribution in [0.1, 0.15) is 26.1 Å². The van der Waals surface area contributed by atoms with Gasteiger partial charge in [0.15, 0.2) is 5.82 Å². The molecule has 0 fully saturated rings. The first-order chi connectivity index (χ1) is 10.1. The predicted octanol–water partition coefficient (Wildman–Crippen LogP) is 0.261. The van der Waals surface area contributed by atoms with Crippen molar-refractivity contribution in [3.8, 4) is 0 Å². The molecule has 8 nitrogen and oxygen atoms in total. The summed E-state index contributed by atoms with van der Waals surface area (Å²) in [6, 6.07) is 1.72. The third-order valence-corrected chi connectivity index (χ3v) is 2.77. The number of nitrogens with two attached hydrogens (primary N) is 1. The Balaban J connectivity index is 3.01. The summed E-state index contributed by atoms with van der Waals surface area (Å²) >= 11 is 0. The van der Waals surface area contributed by atoms with Crippen LogP contribution in [0.4, 0.5) is 11.6 Å². The van der Waals surface area contributed by atoms with Crippen LogP contribution >= 0.6 is 0 Å². The Morgan fingerprint density at radius 2 is 2.19 bits per heavy atom. The van der Waals surface area contributed by atoms with Gasteiger partial charge in [-0.3, -0.25) is 4.79 Å². The summed E-state index contributed by atoms with van der Waals surface area (Å²) in [7, 11) is 1.61. The van der Waals surface area contributed by atoms with E-state index in [9.17, 15) is 4.79 Å². The van der Waals surface area contributed by atoms with E-state index >= 15 is 0 Å². The minimum absolute atomic E-state index is 0.0734. The molecular formula is C13H24N6O2.